The van der Waals surface area contributed by atoms with Crippen molar-refractivity contribution < 1.29 is 9.53 Å². The van der Waals surface area contributed by atoms with E-state index in [9.17, 15) is 4.79 Å². The number of hydrogen-bond donors (Lipinski definition) is 2. The van der Waals surface area contributed by atoms with Gasteiger partial charge in [0.05, 0.1) is 24.8 Å². The molecule has 26 heavy (non-hydrogen) atoms. The van der Waals surface area contributed by atoms with Crippen LogP contribution in [0.2, 0.25) is 0 Å². The first-order valence-electron chi connectivity index (χ1n) is 9.11. The van der Waals surface area contributed by atoms with Gasteiger partial charge in [0.15, 0.2) is 5.96 Å². The highest BCUT2D eigenvalue weighted by molar-refractivity contribution is 5.80. The minimum atomic E-state index is -0.233. The standard InChI is InChI=1S/C19H27N5O2/c1-3-21-18(22-14-16-7-5-6-15(12-16)13-20)23-17-8-10-24(11-9-17)19(25)26-4-2/h5-7,12,17H,3-4,8-11,14H2,1-2H3,(H2,21,22,23). The number of hydrogen-bond acceptors (Lipinski definition) is 4. The largest absolute Gasteiger partial charge is 0.450 e. The second-order valence-corrected chi connectivity index (χ2v) is 6.11. The van der Waals surface area contributed by atoms with E-state index in [4.69, 9.17) is 10.00 Å². The zero-order valence-electron chi connectivity index (χ0n) is 15.5. The molecule has 1 fully saturated rings. The lowest BCUT2D eigenvalue weighted by Crippen LogP contribution is -2.49. The van der Waals surface area contributed by atoms with Crippen LogP contribution in [0.5, 0.6) is 0 Å². The van der Waals surface area contributed by atoms with Gasteiger partial charge in [-0.2, -0.15) is 5.26 Å². The number of nitrogens with zero attached hydrogens (tertiary/aromatic N) is 3. The maximum Gasteiger partial charge on any atom is 0.409 e. The molecule has 0 saturated carbocycles. The maximum atomic E-state index is 11.8. The minimum Gasteiger partial charge on any atom is -0.450 e. The van der Waals surface area contributed by atoms with E-state index in [1.165, 1.54) is 0 Å². The summed E-state index contributed by atoms with van der Waals surface area (Å²) < 4.78 is 5.05. The first kappa shape index (κ1) is 19.6. The van der Waals surface area contributed by atoms with E-state index >= 15 is 0 Å². The topological polar surface area (TPSA) is 89.8 Å². The molecule has 1 heterocycles. The van der Waals surface area contributed by atoms with Crippen LogP contribution >= 0.6 is 0 Å². The van der Waals surface area contributed by atoms with Crippen molar-refractivity contribution in [2.75, 3.05) is 26.2 Å². The fraction of sp³-hybridized carbons (Fsp3) is 0.526. The van der Waals surface area contributed by atoms with Crippen molar-refractivity contribution in [3.05, 3.63) is 35.4 Å². The van der Waals surface area contributed by atoms with Crippen molar-refractivity contribution in [3.63, 3.8) is 0 Å². The Bertz CT molecular complexity index is 660. The molecule has 1 aromatic rings. The van der Waals surface area contributed by atoms with Crippen LogP contribution in [0.25, 0.3) is 0 Å². The van der Waals surface area contributed by atoms with Crippen molar-refractivity contribution >= 4 is 12.1 Å². The van der Waals surface area contributed by atoms with Crippen LogP contribution in [-0.2, 0) is 11.3 Å². The van der Waals surface area contributed by atoms with E-state index in [-0.39, 0.29) is 12.1 Å². The Morgan fingerprint density at radius 2 is 2.15 bits per heavy atom. The molecule has 1 aromatic carbocycles. The summed E-state index contributed by atoms with van der Waals surface area (Å²) in [5.74, 6) is 0.754. The van der Waals surface area contributed by atoms with Crippen molar-refractivity contribution in [1.82, 2.24) is 15.5 Å². The van der Waals surface area contributed by atoms with E-state index in [2.05, 4.69) is 21.7 Å². The fourth-order valence-corrected chi connectivity index (χ4v) is 2.84. The molecule has 1 aliphatic rings. The number of aliphatic imine (C=N–C) groups is 1. The zero-order valence-corrected chi connectivity index (χ0v) is 15.5. The Hall–Kier alpha value is -2.75. The van der Waals surface area contributed by atoms with E-state index < -0.39 is 0 Å². The fourth-order valence-electron chi connectivity index (χ4n) is 2.84. The van der Waals surface area contributed by atoms with E-state index in [1.807, 2.05) is 32.0 Å². The average molecular weight is 357 g/mol. The molecule has 1 saturated heterocycles. The van der Waals surface area contributed by atoms with Gasteiger partial charge in [-0.3, -0.25) is 0 Å². The van der Waals surface area contributed by atoms with Gasteiger partial charge in [-0.15, -0.1) is 0 Å². The van der Waals surface area contributed by atoms with Gasteiger partial charge in [0.1, 0.15) is 0 Å². The Morgan fingerprint density at radius 3 is 2.81 bits per heavy atom. The molecular formula is C19H27N5O2. The summed E-state index contributed by atoms with van der Waals surface area (Å²) in [4.78, 5) is 18.1. The van der Waals surface area contributed by atoms with E-state index in [0.717, 1.165) is 30.9 Å². The smallest absolute Gasteiger partial charge is 0.409 e. The van der Waals surface area contributed by atoms with Gasteiger partial charge in [-0.05, 0) is 44.4 Å². The van der Waals surface area contributed by atoms with Crippen LogP contribution in [0.3, 0.4) is 0 Å². The normalized spacial score (nSPS) is 15.3. The van der Waals surface area contributed by atoms with E-state index in [0.29, 0.717) is 31.8 Å². The Kier molecular flexibility index (Phi) is 7.75. The highest BCUT2D eigenvalue weighted by atomic mass is 16.6. The van der Waals surface area contributed by atoms with Gasteiger partial charge in [0.25, 0.3) is 0 Å². The number of carbonyl (C=O) groups excluding carboxylic acids is 1. The number of nitrogens with one attached hydrogen (secondary N) is 2. The molecule has 1 amide bonds. The number of nitriles is 1. The third-order valence-electron chi connectivity index (χ3n) is 4.18. The summed E-state index contributed by atoms with van der Waals surface area (Å²) >= 11 is 0. The van der Waals surface area contributed by atoms with Crippen molar-refractivity contribution in [1.29, 1.82) is 5.26 Å². The van der Waals surface area contributed by atoms with Gasteiger partial charge < -0.3 is 20.3 Å². The molecular weight excluding hydrogens is 330 g/mol. The number of amides is 1. The second kappa shape index (κ2) is 10.3. The second-order valence-electron chi connectivity index (χ2n) is 6.11. The predicted molar refractivity (Wildman–Crippen MR) is 101 cm³/mol. The Balaban J connectivity index is 1.90. The molecule has 2 rings (SSSR count). The molecule has 0 bridgehead atoms. The average Bonchev–Trinajstić information content (AvgIpc) is 2.67. The number of likely N-dealkylation sites (tertiary alicyclic amines) is 1. The monoisotopic (exact) mass is 357 g/mol. The quantitative estimate of drug-likeness (QED) is 0.623. The molecule has 0 aliphatic carbocycles. The minimum absolute atomic E-state index is 0.233. The summed E-state index contributed by atoms with van der Waals surface area (Å²) in [7, 11) is 0. The first-order chi connectivity index (χ1) is 12.7. The number of carbonyl (C=O) groups is 1. The molecule has 7 nitrogen and oxygen atoms in total. The number of rotatable bonds is 5. The van der Waals surface area contributed by atoms with Crippen molar-refractivity contribution in [3.8, 4) is 6.07 Å². The van der Waals surface area contributed by atoms with Crippen LogP contribution in [0.4, 0.5) is 4.79 Å². The molecule has 0 atom stereocenters. The Morgan fingerprint density at radius 1 is 1.38 bits per heavy atom. The molecule has 0 radical (unpaired) electrons. The zero-order chi connectivity index (χ0) is 18.8. The molecule has 2 N–H and O–H groups in total. The maximum absolute atomic E-state index is 11.8. The lowest BCUT2D eigenvalue weighted by atomic mass is 10.1. The Labute approximate surface area is 155 Å². The molecule has 0 unspecified atom stereocenters. The van der Waals surface area contributed by atoms with Gasteiger partial charge >= 0.3 is 6.09 Å². The number of benzene rings is 1. The van der Waals surface area contributed by atoms with Crippen molar-refractivity contribution in [2.45, 2.75) is 39.3 Å². The van der Waals surface area contributed by atoms with Gasteiger partial charge in [0, 0.05) is 25.7 Å². The van der Waals surface area contributed by atoms with Crippen molar-refractivity contribution in [2.24, 2.45) is 4.99 Å². The van der Waals surface area contributed by atoms with Gasteiger partial charge in [-0.25, -0.2) is 9.79 Å². The molecule has 0 spiro atoms. The third kappa shape index (κ3) is 5.96. The highest BCUT2D eigenvalue weighted by Gasteiger charge is 2.23. The van der Waals surface area contributed by atoms with Crippen LogP contribution < -0.4 is 10.6 Å². The third-order valence-corrected chi connectivity index (χ3v) is 4.18. The lowest BCUT2D eigenvalue weighted by Gasteiger charge is -2.32. The van der Waals surface area contributed by atoms with Gasteiger partial charge in [0.2, 0.25) is 0 Å². The summed E-state index contributed by atoms with van der Waals surface area (Å²) in [5, 5.41) is 15.7. The SMILES string of the molecule is CCNC(=NCc1cccc(C#N)c1)NC1CCN(C(=O)OCC)CC1. The van der Waals surface area contributed by atoms with Crippen LogP contribution in [0.1, 0.15) is 37.8 Å². The number of piperidine rings is 1. The number of guanidine groups is 1. The van der Waals surface area contributed by atoms with E-state index in [1.54, 1.807) is 11.0 Å². The molecule has 1 aliphatic heterocycles. The number of ether oxygens (including phenoxy) is 1. The van der Waals surface area contributed by atoms with Crippen LogP contribution in [-0.4, -0.2) is 49.2 Å². The summed E-state index contributed by atoms with van der Waals surface area (Å²) in [6, 6.07) is 9.89. The highest BCUT2D eigenvalue weighted by Crippen LogP contribution is 2.12. The molecule has 7 heteroatoms. The van der Waals surface area contributed by atoms with Crippen LogP contribution in [0.15, 0.2) is 29.3 Å². The molecule has 140 valence electrons. The predicted octanol–water partition coefficient (Wildman–Crippen LogP) is 2.23. The van der Waals surface area contributed by atoms with Gasteiger partial charge in [-0.1, -0.05) is 12.1 Å². The summed E-state index contributed by atoms with van der Waals surface area (Å²) in [6.45, 7) is 6.88. The lowest BCUT2D eigenvalue weighted by molar-refractivity contribution is 0.0963. The van der Waals surface area contributed by atoms with Crippen LogP contribution in [0, 0.1) is 11.3 Å². The summed E-state index contributed by atoms with van der Waals surface area (Å²) in [6.07, 6.45) is 1.48. The summed E-state index contributed by atoms with van der Waals surface area (Å²) in [5.41, 5.74) is 1.64. The first-order valence-corrected chi connectivity index (χ1v) is 9.11. The molecule has 0 aromatic heterocycles.